The molecular formula is C23H32N10. The number of hydrogen-bond donors (Lipinski definition) is 3. The summed E-state index contributed by atoms with van der Waals surface area (Å²) in [5, 5.41) is 23.4. The average molecular weight is 449 g/mol. The normalized spacial score (nSPS) is 16.3. The van der Waals surface area contributed by atoms with Gasteiger partial charge in [-0.1, -0.05) is 12.1 Å². The number of likely N-dealkylation sites (tertiary alicyclic amines) is 1. The number of nitrogens with zero attached hydrogens (tertiary/aromatic N) is 7. The van der Waals surface area contributed by atoms with Gasteiger partial charge in [-0.05, 0) is 70.6 Å². The third kappa shape index (κ3) is 5.52. The molecule has 0 spiro atoms. The van der Waals surface area contributed by atoms with Gasteiger partial charge in [0, 0.05) is 30.0 Å². The van der Waals surface area contributed by atoms with E-state index < -0.39 is 0 Å². The molecule has 1 aliphatic heterocycles. The van der Waals surface area contributed by atoms with Gasteiger partial charge >= 0.3 is 0 Å². The third-order valence-electron chi connectivity index (χ3n) is 5.82. The summed E-state index contributed by atoms with van der Waals surface area (Å²) in [5.41, 5.74) is 3.81. The minimum absolute atomic E-state index is 0.0640. The van der Waals surface area contributed by atoms with Crippen molar-refractivity contribution in [3.63, 3.8) is 0 Å². The molecule has 3 aromatic rings. The van der Waals surface area contributed by atoms with Crippen LogP contribution in [0.25, 0.3) is 5.52 Å². The summed E-state index contributed by atoms with van der Waals surface area (Å²) in [6, 6.07) is 10.5. The van der Waals surface area contributed by atoms with E-state index in [0.717, 1.165) is 55.1 Å². The van der Waals surface area contributed by atoms with E-state index in [1.54, 1.807) is 6.33 Å². The Morgan fingerprint density at radius 1 is 1.24 bits per heavy atom. The summed E-state index contributed by atoms with van der Waals surface area (Å²) in [7, 11) is 2.04. The van der Waals surface area contributed by atoms with E-state index in [2.05, 4.69) is 47.0 Å². The molecule has 0 amide bonds. The Hall–Kier alpha value is -3.37. The Morgan fingerprint density at radius 3 is 2.79 bits per heavy atom. The highest BCUT2D eigenvalue weighted by Crippen LogP contribution is 2.25. The second kappa shape index (κ2) is 10.5. The topological polar surface area (TPSA) is 121 Å². The lowest BCUT2D eigenvalue weighted by Gasteiger charge is -2.31. The lowest BCUT2D eigenvalue weighted by Crippen LogP contribution is -2.40. The van der Waals surface area contributed by atoms with Crippen molar-refractivity contribution < 1.29 is 0 Å². The molecule has 0 saturated carbocycles. The first kappa shape index (κ1) is 22.8. The molecule has 10 nitrogen and oxygen atoms in total. The number of hydrogen-bond acceptors (Lipinski definition) is 8. The first-order chi connectivity index (χ1) is 16.1. The van der Waals surface area contributed by atoms with Crippen molar-refractivity contribution in [2.45, 2.75) is 45.3 Å². The van der Waals surface area contributed by atoms with Gasteiger partial charge in [-0.25, -0.2) is 9.50 Å². The third-order valence-corrected chi connectivity index (χ3v) is 5.82. The molecule has 10 heteroatoms. The smallest absolute Gasteiger partial charge is 0.200 e. The van der Waals surface area contributed by atoms with Gasteiger partial charge in [0.05, 0.1) is 6.04 Å². The number of amidine groups is 1. The fourth-order valence-corrected chi connectivity index (χ4v) is 4.06. The SMILES string of the molecule is CNC1CCN(Cc2ccn3ncnc(Nc4cccc(C(N=NC(C)C)=NN)c4)c23)CC1. The molecule has 0 aliphatic carbocycles. The van der Waals surface area contributed by atoms with Gasteiger partial charge in [0.15, 0.2) is 11.7 Å². The number of rotatable bonds is 7. The zero-order chi connectivity index (χ0) is 23.2. The van der Waals surface area contributed by atoms with E-state index in [9.17, 15) is 0 Å². The van der Waals surface area contributed by atoms with Crippen LogP contribution in [0, 0.1) is 0 Å². The number of benzene rings is 1. The predicted molar refractivity (Wildman–Crippen MR) is 131 cm³/mol. The molecule has 1 fully saturated rings. The number of nitrogens with one attached hydrogen (secondary N) is 2. The Morgan fingerprint density at radius 2 is 2.06 bits per heavy atom. The Labute approximate surface area is 194 Å². The van der Waals surface area contributed by atoms with E-state index >= 15 is 0 Å². The first-order valence-corrected chi connectivity index (χ1v) is 11.3. The molecule has 2 aromatic heterocycles. The van der Waals surface area contributed by atoms with Crippen LogP contribution in [0.15, 0.2) is 58.2 Å². The highest BCUT2D eigenvalue weighted by Gasteiger charge is 2.20. The van der Waals surface area contributed by atoms with Crippen LogP contribution in [-0.4, -0.2) is 57.6 Å². The number of nitrogens with two attached hydrogens (primary N) is 1. The Balaban J connectivity index is 1.56. The van der Waals surface area contributed by atoms with Crippen LogP contribution in [0.4, 0.5) is 11.5 Å². The molecule has 33 heavy (non-hydrogen) atoms. The number of piperidine rings is 1. The highest BCUT2D eigenvalue weighted by molar-refractivity contribution is 5.99. The summed E-state index contributed by atoms with van der Waals surface area (Å²) in [5.74, 6) is 6.70. The van der Waals surface area contributed by atoms with Crippen LogP contribution >= 0.6 is 0 Å². The van der Waals surface area contributed by atoms with Crippen LogP contribution < -0.4 is 16.5 Å². The molecule has 0 radical (unpaired) electrons. The number of hydrazone groups is 1. The van der Waals surface area contributed by atoms with Gasteiger partial charge in [0.25, 0.3) is 0 Å². The minimum Gasteiger partial charge on any atom is -0.338 e. The van der Waals surface area contributed by atoms with Crippen LogP contribution in [0.2, 0.25) is 0 Å². The summed E-state index contributed by atoms with van der Waals surface area (Å²) in [4.78, 5) is 7.03. The fraction of sp³-hybridized carbons (Fsp3) is 0.435. The lowest BCUT2D eigenvalue weighted by atomic mass is 10.0. The largest absolute Gasteiger partial charge is 0.338 e. The molecule has 0 unspecified atom stereocenters. The van der Waals surface area contributed by atoms with E-state index in [1.165, 1.54) is 5.56 Å². The number of fused-ring (bicyclic) bond motifs is 1. The fourth-order valence-electron chi connectivity index (χ4n) is 4.06. The first-order valence-electron chi connectivity index (χ1n) is 11.3. The van der Waals surface area contributed by atoms with Gasteiger partial charge in [-0.15, -0.1) is 5.11 Å². The maximum Gasteiger partial charge on any atom is 0.200 e. The highest BCUT2D eigenvalue weighted by atomic mass is 15.3. The van der Waals surface area contributed by atoms with Crippen LogP contribution in [0.1, 0.15) is 37.8 Å². The van der Waals surface area contributed by atoms with Crippen LogP contribution in [0.5, 0.6) is 0 Å². The van der Waals surface area contributed by atoms with Gasteiger partial charge in [-0.3, -0.25) is 4.90 Å². The van der Waals surface area contributed by atoms with Gasteiger partial charge in [0.1, 0.15) is 11.8 Å². The Kier molecular flexibility index (Phi) is 7.26. The van der Waals surface area contributed by atoms with Crippen molar-refractivity contribution in [3.05, 3.63) is 54.0 Å². The molecule has 0 bridgehead atoms. The van der Waals surface area contributed by atoms with Crippen LogP contribution in [0.3, 0.4) is 0 Å². The number of anilines is 2. The van der Waals surface area contributed by atoms with E-state index in [-0.39, 0.29) is 6.04 Å². The maximum atomic E-state index is 5.56. The van der Waals surface area contributed by atoms with Crippen molar-refractivity contribution in [3.8, 4) is 0 Å². The average Bonchev–Trinajstić information content (AvgIpc) is 3.24. The summed E-state index contributed by atoms with van der Waals surface area (Å²) >= 11 is 0. The molecule has 4 rings (SSSR count). The van der Waals surface area contributed by atoms with E-state index in [4.69, 9.17) is 5.84 Å². The summed E-state index contributed by atoms with van der Waals surface area (Å²) < 4.78 is 1.87. The molecule has 1 aliphatic rings. The van der Waals surface area contributed by atoms with Crippen molar-refractivity contribution in [2.75, 3.05) is 25.5 Å². The van der Waals surface area contributed by atoms with Gasteiger partial charge < -0.3 is 16.5 Å². The monoisotopic (exact) mass is 448 g/mol. The second-order valence-electron chi connectivity index (χ2n) is 8.55. The van der Waals surface area contributed by atoms with Crippen LogP contribution in [-0.2, 0) is 6.54 Å². The standard InChI is InChI=1S/C23H32N10/c1-16(2)30-31-22(29-24)17-5-4-6-20(13-17)28-23-21-18(7-12-33(21)27-15-26-23)14-32-10-8-19(25-3)9-11-32/h4-7,12-13,15-16,19,25H,8-11,14,24H2,1-3H3,(H,26,27,28). The summed E-state index contributed by atoms with van der Waals surface area (Å²) in [6.45, 7) is 6.93. The van der Waals surface area contributed by atoms with E-state index in [1.807, 2.05) is 55.9 Å². The molecule has 174 valence electrons. The van der Waals surface area contributed by atoms with E-state index in [0.29, 0.717) is 11.9 Å². The predicted octanol–water partition coefficient (Wildman–Crippen LogP) is 3.14. The maximum absolute atomic E-state index is 5.56. The minimum atomic E-state index is 0.0640. The number of azo groups is 1. The number of aromatic nitrogens is 3. The Bertz CT molecular complexity index is 1130. The zero-order valence-electron chi connectivity index (χ0n) is 19.4. The molecule has 3 heterocycles. The zero-order valence-corrected chi connectivity index (χ0v) is 19.4. The molecular weight excluding hydrogens is 416 g/mol. The van der Waals surface area contributed by atoms with Crippen molar-refractivity contribution in [1.82, 2.24) is 24.8 Å². The van der Waals surface area contributed by atoms with Crippen molar-refractivity contribution in [2.24, 2.45) is 21.2 Å². The van der Waals surface area contributed by atoms with Crippen molar-refractivity contribution >= 4 is 22.9 Å². The molecule has 0 atom stereocenters. The summed E-state index contributed by atoms with van der Waals surface area (Å²) in [6.07, 6.45) is 5.87. The lowest BCUT2D eigenvalue weighted by molar-refractivity contribution is 0.195. The van der Waals surface area contributed by atoms with Gasteiger partial charge in [-0.2, -0.15) is 15.3 Å². The van der Waals surface area contributed by atoms with Crippen molar-refractivity contribution in [1.29, 1.82) is 0 Å². The second-order valence-corrected chi connectivity index (χ2v) is 8.55. The molecule has 1 aromatic carbocycles. The molecule has 4 N–H and O–H groups in total. The molecule has 1 saturated heterocycles. The quantitative estimate of drug-likeness (QED) is 0.168. The van der Waals surface area contributed by atoms with Gasteiger partial charge in [0.2, 0.25) is 0 Å².